The second-order valence-electron chi connectivity index (χ2n) is 2.52. The number of phenols is 1. The molecule has 0 unspecified atom stereocenters. The third kappa shape index (κ3) is 1.99. The fraction of sp³-hybridized carbons (Fsp3) is 0. The molecule has 1 aromatic heterocycles. The summed E-state index contributed by atoms with van der Waals surface area (Å²) in [5, 5.41) is 18.4. The average molecular weight is 339 g/mol. The Morgan fingerprint density at radius 2 is 2.14 bits per heavy atom. The summed E-state index contributed by atoms with van der Waals surface area (Å²) >= 11 is 9.49. The minimum Gasteiger partial charge on any atom is -0.508 e. The van der Waals surface area contributed by atoms with Gasteiger partial charge in [-0.15, -0.1) is 10.2 Å². The van der Waals surface area contributed by atoms with E-state index in [-0.39, 0.29) is 5.75 Å². The van der Waals surface area contributed by atoms with Gasteiger partial charge in [0, 0.05) is 5.56 Å². The minimum atomic E-state index is 0.176. The second-order valence-corrected chi connectivity index (χ2v) is 5.66. The molecule has 0 bridgehead atoms. The molecule has 6 heteroatoms. The molecule has 2 rings (SSSR count). The van der Waals surface area contributed by atoms with Gasteiger partial charge in [0.2, 0.25) is 0 Å². The molecule has 72 valence electrons. The molecule has 0 amide bonds. The predicted molar refractivity (Wildman–Crippen MR) is 64.7 cm³/mol. The quantitative estimate of drug-likeness (QED) is 0.813. The van der Waals surface area contributed by atoms with E-state index in [9.17, 15) is 5.11 Å². The van der Waals surface area contributed by atoms with E-state index in [0.29, 0.717) is 10.6 Å². The maximum atomic E-state index is 9.30. The number of nitrogens with zero attached hydrogens (tertiary/aromatic N) is 2. The molecule has 0 saturated heterocycles. The molecule has 0 aliphatic carbocycles. The molecule has 1 N–H and O–H groups in total. The van der Waals surface area contributed by atoms with Gasteiger partial charge in [-0.25, -0.2) is 0 Å². The van der Waals surface area contributed by atoms with Crippen LogP contribution in [0.4, 0.5) is 0 Å². The lowest BCUT2D eigenvalue weighted by Gasteiger charge is -1.99. The molecule has 1 heterocycles. The van der Waals surface area contributed by atoms with Crippen LogP contribution in [0, 0.1) is 3.01 Å². The van der Waals surface area contributed by atoms with Gasteiger partial charge < -0.3 is 5.11 Å². The van der Waals surface area contributed by atoms with E-state index < -0.39 is 0 Å². The second kappa shape index (κ2) is 4.00. The Morgan fingerprint density at radius 3 is 2.79 bits per heavy atom. The first kappa shape index (κ1) is 10.1. The number of benzene rings is 1. The summed E-state index contributed by atoms with van der Waals surface area (Å²) in [6, 6.07) is 4.76. The van der Waals surface area contributed by atoms with Gasteiger partial charge >= 0.3 is 0 Å². The van der Waals surface area contributed by atoms with Crippen LogP contribution in [-0.4, -0.2) is 15.3 Å². The molecule has 1 aromatic carbocycles. The van der Waals surface area contributed by atoms with Crippen molar-refractivity contribution in [3.8, 4) is 16.3 Å². The third-order valence-corrected chi connectivity index (χ3v) is 3.53. The molecule has 0 fully saturated rings. The van der Waals surface area contributed by atoms with Crippen LogP contribution in [0.2, 0.25) is 5.02 Å². The minimum absolute atomic E-state index is 0.176. The highest BCUT2D eigenvalue weighted by Crippen LogP contribution is 2.32. The van der Waals surface area contributed by atoms with Crippen LogP contribution in [0.3, 0.4) is 0 Å². The van der Waals surface area contributed by atoms with Gasteiger partial charge in [0.25, 0.3) is 0 Å². The Hall–Kier alpha value is -0.400. The lowest BCUT2D eigenvalue weighted by molar-refractivity contribution is 0.475. The molecule has 14 heavy (non-hydrogen) atoms. The highest BCUT2D eigenvalue weighted by Gasteiger charge is 2.09. The van der Waals surface area contributed by atoms with Crippen LogP contribution in [0.1, 0.15) is 0 Å². The van der Waals surface area contributed by atoms with E-state index in [1.807, 2.05) is 0 Å². The molecule has 2 aromatic rings. The number of hydrogen-bond acceptors (Lipinski definition) is 4. The van der Waals surface area contributed by atoms with Gasteiger partial charge in [-0.05, 0) is 40.8 Å². The molecule has 0 aliphatic rings. The van der Waals surface area contributed by atoms with Gasteiger partial charge in [-0.1, -0.05) is 22.9 Å². The Morgan fingerprint density at radius 1 is 1.36 bits per heavy atom. The zero-order valence-electron chi connectivity index (χ0n) is 6.74. The zero-order valence-corrected chi connectivity index (χ0v) is 10.5. The topological polar surface area (TPSA) is 46.0 Å². The van der Waals surface area contributed by atoms with Crippen molar-refractivity contribution >= 4 is 45.5 Å². The van der Waals surface area contributed by atoms with Crippen LogP contribution >= 0.6 is 45.5 Å². The summed E-state index contributed by atoms with van der Waals surface area (Å²) in [4.78, 5) is 0. The maximum absolute atomic E-state index is 9.30. The molecule has 0 radical (unpaired) electrons. The number of phenolic OH excluding ortho intramolecular Hbond substituents is 1. The van der Waals surface area contributed by atoms with Gasteiger partial charge in [-0.3, -0.25) is 0 Å². The normalized spacial score (nSPS) is 10.4. The van der Waals surface area contributed by atoms with E-state index in [1.54, 1.807) is 12.1 Å². The van der Waals surface area contributed by atoms with Crippen LogP contribution in [0.15, 0.2) is 18.2 Å². The van der Waals surface area contributed by atoms with Gasteiger partial charge in [-0.2, -0.15) is 0 Å². The van der Waals surface area contributed by atoms with Crippen molar-refractivity contribution in [3.63, 3.8) is 0 Å². The number of halogens is 2. The monoisotopic (exact) mass is 338 g/mol. The standard InChI is InChI=1S/C8H4ClIN2OS/c9-6-2-1-4(13)3-5(6)7-11-12-8(10)14-7/h1-3,13H. The number of rotatable bonds is 1. The van der Waals surface area contributed by atoms with Gasteiger partial charge in [0.1, 0.15) is 10.8 Å². The summed E-state index contributed by atoms with van der Waals surface area (Å²) < 4.78 is 0.844. The van der Waals surface area contributed by atoms with Gasteiger partial charge in [0.15, 0.2) is 3.01 Å². The number of aromatic hydroxyl groups is 1. The van der Waals surface area contributed by atoms with Crippen molar-refractivity contribution in [2.24, 2.45) is 0 Å². The molecular formula is C8H4ClIN2OS. The maximum Gasteiger partial charge on any atom is 0.178 e. The van der Waals surface area contributed by atoms with E-state index in [1.165, 1.54) is 17.4 Å². The predicted octanol–water partition coefficient (Wildman–Crippen LogP) is 3.17. The molecule has 0 aliphatic heterocycles. The molecule has 0 spiro atoms. The smallest absolute Gasteiger partial charge is 0.178 e. The highest BCUT2D eigenvalue weighted by molar-refractivity contribution is 14.1. The Labute approximate surface area is 103 Å². The fourth-order valence-electron chi connectivity index (χ4n) is 0.991. The molecular weight excluding hydrogens is 335 g/mol. The van der Waals surface area contributed by atoms with Crippen molar-refractivity contribution in [1.82, 2.24) is 10.2 Å². The highest BCUT2D eigenvalue weighted by atomic mass is 127. The van der Waals surface area contributed by atoms with E-state index in [2.05, 4.69) is 32.8 Å². The summed E-state index contributed by atoms with van der Waals surface area (Å²) in [6.45, 7) is 0. The van der Waals surface area contributed by atoms with Gasteiger partial charge in [0.05, 0.1) is 5.02 Å². The summed E-state index contributed by atoms with van der Waals surface area (Å²) in [6.07, 6.45) is 0. The summed E-state index contributed by atoms with van der Waals surface area (Å²) in [5.74, 6) is 0.176. The first-order valence-corrected chi connectivity index (χ1v) is 5.92. The van der Waals surface area contributed by atoms with E-state index in [0.717, 1.165) is 8.02 Å². The largest absolute Gasteiger partial charge is 0.508 e. The molecule has 3 nitrogen and oxygen atoms in total. The van der Waals surface area contributed by atoms with Crippen molar-refractivity contribution in [2.45, 2.75) is 0 Å². The SMILES string of the molecule is Oc1ccc(Cl)c(-c2nnc(I)s2)c1. The first-order chi connectivity index (χ1) is 6.66. The van der Waals surface area contributed by atoms with Crippen LogP contribution in [-0.2, 0) is 0 Å². The van der Waals surface area contributed by atoms with Crippen LogP contribution in [0.25, 0.3) is 10.6 Å². The van der Waals surface area contributed by atoms with Crippen molar-refractivity contribution in [3.05, 3.63) is 26.2 Å². The fourth-order valence-corrected chi connectivity index (χ4v) is 2.59. The van der Waals surface area contributed by atoms with E-state index >= 15 is 0 Å². The Kier molecular flexibility index (Phi) is 2.89. The summed E-state index contributed by atoms with van der Waals surface area (Å²) in [5.41, 5.74) is 0.715. The number of hydrogen-bond donors (Lipinski definition) is 1. The average Bonchev–Trinajstić information content (AvgIpc) is 2.56. The molecule has 0 atom stereocenters. The van der Waals surface area contributed by atoms with E-state index in [4.69, 9.17) is 11.6 Å². The van der Waals surface area contributed by atoms with Crippen LogP contribution in [0.5, 0.6) is 5.75 Å². The van der Waals surface area contributed by atoms with Crippen molar-refractivity contribution in [2.75, 3.05) is 0 Å². The molecule has 0 saturated carbocycles. The van der Waals surface area contributed by atoms with Crippen molar-refractivity contribution < 1.29 is 5.11 Å². The first-order valence-electron chi connectivity index (χ1n) is 3.65. The number of aromatic nitrogens is 2. The lowest BCUT2D eigenvalue weighted by Crippen LogP contribution is -1.78. The Bertz CT molecular complexity index is 474. The zero-order chi connectivity index (χ0) is 10.1. The summed E-state index contributed by atoms with van der Waals surface area (Å²) in [7, 11) is 0. The third-order valence-electron chi connectivity index (χ3n) is 1.58. The van der Waals surface area contributed by atoms with Crippen LogP contribution < -0.4 is 0 Å². The van der Waals surface area contributed by atoms with Crippen molar-refractivity contribution in [1.29, 1.82) is 0 Å². The Balaban J connectivity index is 2.55. The lowest BCUT2D eigenvalue weighted by atomic mass is 10.2.